The van der Waals surface area contributed by atoms with E-state index in [0.717, 1.165) is 63.7 Å². The molecule has 1 saturated carbocycles. The first-order valence-electron chi connectivity index (χ1n) is 13.5. The summed E-state index contributed by atoms with van der Waals surface area (Å²) in [5.41, 5.74) is 0.0688. The number of benzene rings is 2. The number of amides is 1. The summed E-state index contributed by atoms with van der Waals surface area (Å²) in [6, 6.07) is 11.5. The lowest BCUT2D eigenvalue weighted by Gasteiger charge is -2.42. The van der Waals surface area contributed by atoms with Gasteiger partial charge in [-0.25, -0.2) is 0 Å². The highest BCUT2D eigenvalue weighted by Gasteiger charge is 2.40. The molecule has 0 atom stereocenters. The maximum absolute atomic E-state index is 13.4. The number of alkyl halides is 3. The Balaban J connectivity index is 1.26. The molecule has 4 rings (SSSR count). The zero-order valence-corrected chi connectivity index (χ0v) is 22.8. The summed E-state index contributed by atoms with van der Waals surface area (Å²) in [7, 11) is 1.87. The van der Waals surface area contributed by atoms with E-state index in [9.17, 15) is 28.1 Å². The molecule has 7 nitrogen and oxygen atoms in total. The van der Waals surface area contributed by atoms with Gasteiger partial charge in [-0.3, -0.25) is 14.9 Å². The number of nitrogens with zero attached hydrogens (tertiary/aromatic N) is 3. The summed E-state index contributed by atoms with van der Waals surface area (Å²) >= 11 is 0. The lowest BCUT2D eigenvalue weighted by Crippen LogP contribution is -2.49. The van der Waals surface area contributed by atoms with Gasteiger partial charge in [0.05, 0.1) is 4.92 Å². The fourth-order valence-electron chi connectivity index (χ4n) is 5.90. The Morgan fingerprint density at radius 2 is 1.72 bits per heavy atom. The molecule has 0 unspecified atom stereocenters. The van der Waals surface area contributed by atoms with Gasteiger partial charge in [0.25, 0.3) is 5.69 Å². The zero-order chi connectivity index (χ0) is 28.4. The number of carbonyl (C=O) groups excluding carboxylic acids is 1. The summed E-state index contributed by atoms with van der Waals surface area (Å²) in [6.07, 6.45) is 0.0226. The molecule has 2 aromatic rings. The minimum absolute atomic E-state index is 0.0200. The minimum Gasteiger partial charge on any atom is -0.382 e. The van der Waals surface area contributed by atoms with Crippen molar-refractivity contribution < 1.29 is 22.9 Å². The second-order valence-electron chi connectivity index (χ2n) is 11.4. The van der Waals surface area contributed by atoms with Gasteiger partial charge in [-0.15, -0.1) is 0 Å². The van der Waals surface area contributed by atoms with Gasteiger partial charge in [-0.2, -0.15) is 13.2 Å². The summed E-state index contributed by atoms with van der Waals surface area (Å²) in [5.74, 6) is 0.507. The van der Waals surface area contributed by atoms with E-state index in [4.69, 9.17) is 0 Å². The average Bonchev–Trinajstić information content (AvgIpc) is 2.89. The summed E-state index contributed by atoms with van der Waals surface area (Å²) < 4.78 is 39.9. The molecule has 0 spiro atoms. The number of nitro benzene ring substituents is 1. The number of nitro groups is 1. The Hall–Kier alpha value is -3.30. The van der Waals surface area contributed by atoms with Crippen LogP contribution in [0.25, 0.3) is 0 Å². The van der Waals surface area contributed by atoms with E-state index in [-0.39, 0.29) is 23.1 Å². The molecule has 1 amide bonds. The van der Waals surface area contributed by atoms with Crippen LogP contribution in [0.5, 0.6) is 0 Å². The quantitative estimate of drug-likeness (QED) is 0.310. The fourth-order valence-corrected chi connectivity index (χ4v) is 5.90. The Morgan fingerprint density at radius 3 is 2.28 bits per heavy atom. The molecule has 0 bridgehead atoms. The molecule has 2 aromatic carbocycles. The van der Waals surface area contributed by atoms with Crippen LogP contribution < -0.4 is 10.2 Å². The van der Waals surface area contributed by atoms with Crippen LogP contribution in [0.3, 0.4) is 0 Å². The highest BCUT2D eigenvalue weighted by molar-refractivity contribution is 5.82. The molecule has 10 heteroatoms. The largest absolute Gasteiger partial charge is 0.423 e. The van der Waals surface area contributed by atoms with Crippen LogP contribution in [0.4, 0.5) is 30.2 Å². The minimum atomic E-state index is -4.80. The number of aryl methyl sites for hydroxylation is 1. The molecule has 1 aliphatic heterocycles. The van der Waals surface area contributed by atoms with E-state index in [2.05, 4.69) is 48.3 Å². The van der Waals surface area contributed by atoms with Crippen molar-refractivity contribution in [1.82, 2.24) is 4.90 Å². The molecule has 1 aliphatic carbocycles. The monoisotopic (exact) mass is 546 g/mol. The predicted octanol–water partition coefficient (Wildman–Crippen LogP) is 6.66. The van der Waals surface area contributed by atoms with Crippen LogP contribution in [-0.2, 0) is 11.0 Å². The van der Waals surface area contributed by atoms with Crippen molar-refractivity contribution in [2.24, 2.45) is 11.3 Å². The van der Waals surface area contributed by atoms with E-state index in [0.29, 0.717) is 12.5 Å². The van der Waals surface area contributed by atoms with Crippen molar-refractivity contribution in [3.05, 3.63) is 63.7 Å². The molecular weight excluding hydrogens is 509 g/mol. The molecule has 1 heterocycles. The van der Waals surface area contributed by atoms with Gasteiger partial charge in [-0.1, -0.05) is 24.6 Å². The average molecular weight is 547 g/mol. The molecule has 39 heavy (non-hydrogen) atoms. The number of piperidine rings is 1. The maximum Gasteiger partial charge on any atom is 0.423 e. The van der Waals surface area contributed by atoms with E-state index in [1.807, 2.05) is 11.9 Å². The third-order valence-electron chi connectivity index (χ3n) is 8.38. The molecule has 1 N–H and O–H groups in total. The third-order valence-corrected chi connectivity index (χ3v) is 8.38. The number of carbonyl (C=O) groups is 1. The van der Waals surface area contributed by atoms with Crippen molar-refractivity contribution in [2.45, 2.75) is 64.6 Å². The van der Waals surface area contributed by atoms with E-state index >= 15 is 0 Å². The molecular formula is C29H37F3N4O3. The van der Waals surface area contributed by atoms with E-state index in [1.165, 1.54) is 17.3 Å². The van der Waals surface area contributed by atoms with E-state index in [1.54, 1.807) is 0 Å². The Kier molecular flexibility index (Phi) is 8.42. The Bertz CT molecular complexity index is 1170. The van der Waals surface area contributed by atoms with Gasteiger partial charge < -0.3 is 15.1 Å². The van der Waals surface area contributed by atoms with Gasteiger partial charge in [0.15, 0.2) is 0 Å². The first-order valence-corrected chi connectivity index (χ1v) is 13.5. The van der Waals surface area contributed by atoms with Crippen molar-refractivity contribution >= 4 is 23.0 Å². The Labute approximate surface area is 227 Å². The maximum atomic E-state index is 13.4. The van der Waals surface area contributed by atoms with Crippen molar-refractivity contribution in [2.75, 3.05) is 36.9 Å². The summed E-state index contributed by atoms with van der Waals surface area (Å²) in [6.45, 7) is 6.49. The van der Waals surface area contributed by atoms with Crippen molar-refractivity contribution in [3.8, 4) is 0 Å². The zero-order valence-electron chi connectivity index (χ0n) is 22.8. The van der Waals surface area contributed by atoms with Crippen LogP contribution in [-0.4, -0.2) is 48.5 Å². The van der Waals surface area contributed by atoms with Crippen LogP contribution in [0.1, 0.15) is 56.6 Å². The molecule has 2 aliphatic rings. The number of hydrogen-bond acceptors (Lipinski definition) is 5. The molecule has 1 saturated heterocycles. The number of halogens is 3. The van der Waals surface area contributed by atoms with Gasteiger partial charge >= 0.3 is 6.18 Å². The molecule has 2 fully saturated rings. The molecule has 0 aromatic heterocycles. The number of nitrogens with one attached hydrogen (secondary N) is 1. The number of hydrogen-bond donors (Lipinski definition) is 1. The normalized spacial score (nSPS) is 21.3. The highest BCUT2D eigenvalue weighted by Crippen LogP contribution is 2.39. The smallest absolute Gasteiger partial charge is 0.382 e. The standard InChI is InChI=1S/C29H37F3N4O3/c1-20-4-11-24(12-5-20)35-16-14-28(2,15-17-35)27(37)34(3)19-21-6-8-22(9-7-21)33-23-10-13-26(36(38)39)25(18-23)29(30,31)32/h4-5,10-13,18,21-22,33H,6-9,14-17,19H2,1-3H3. The number of anilines is 2. The highest BCUT2D eigenvalue weighted by atomic mass is 19.4. The van der Waals surface area contributed by atoms with Gasteiger partial charge in [0.2, 0.25) is 5.91 Å². The van der Waals surface area contributed by atoms with Crippen LogP contribution in [0.15, 0.2) is 42.5 Å². The molecule has 0 radical (unpaired) electrons. The van der Waals surface area contributed by atoms with Crippen LogP contribution in [0.2, 0.25) is 0 Å². The van der Waals surface area contributed by atoms with E-state index < -0.39 is 22.4 Å². The van der Waals surface area contributed by atoms with Crippen LogP contribution in [0, 0.1) is 28.4 Å². The lowest BCUT2D eigenvalue weighted by atomic mass is 9.78. The van der Waals surface area contributed by atoms with Gasteiger partial charge in [0, 0.05) is 55.6 Å². The van der Waals surface area contributed by atoms with Crippen LogP contribution >= 0.6 is 0 Å². The fraction of sp³-hybridized carbons (Fsp3) is 0.552. The summed E-state index contributed by atoms with van der Waals surface area (Å²) in [5, 5.41) is 14.1. The third kappa shape index (κ3) is 6.83. The SMILES string of the molecule is Cc1ccc(N2CCC(C)(C(=O)N(C)CC3CCC(Nc4ccc([N+](=O)[O-])c(C(F)(F)F)c4)CC3)CC2)cc1. The van der Waals surface area contributed by atoms with Crippen molar-refractivity contribution in [3.63, 3.8) is 0 Å². The first kappa shape index (κ1) is 28.7. The van der Waals surface area contributed by atoms with Gasteiger partial charge in [-0.05, 0) is 75.6 Å². The summed E-state index contributed by atoms with van der Waals surface area (Å²) in [4.78, 5) is 27.6. The predicted molar refractivity (Wildman–Crippen MR) is 146 cm³/mol. The second-order valence-corrected chi connectivity index (χ2v) is 11.4. The number of rotatable bonds is 7. The topological polar surface area (TPSA) is 78.7 Å². The molecule has 212 valence electrons. The Morgan fingerprint density at radius 1 is 1.10 bits per heavy atom. The van der Waals surface area contributed by atoms with Gasteiger partial charge in [0.1, 0.15) is 5.56 Å². The lowest BCUT2D eigenvalue weighted by molar-refractivity contribution is -0.388. The second kappa shape index (κ2) is 11.4. The first-order chi connectivity index (χ1) is 18.4. The van der Waals surface area contributed by atoms with Crippen molar-refractivity contribution in [1.29, 1.82) is 0 Å².